The largest absolute Gasteiger partial charge is 0.486 e. The lowest BCUT2D eigenvalue weighted by Crippen LogP contribution is -2.32. The molecular weight excluding hydrogens is 1000 g/mol. The number of fused-ring (bicyclic) bond motifs is 2. The van der Waals surface area contributed by atoms with Gasteiger partial charge in [0.25, 0.3) is 11.5 Å². The second-order valence-corrected chi connectivity index (χ2v) is 19.2. The molecule has 0 radical (unpaired) electrons. The third-order valence-electron chi connectivity index (χ3n) is 11.2. The Morgan fingerprint density at radius 1 is 0.882 bits per heavy atom. The van der Waals surface area contributed by atoms with E-state index in [2.05, 4.69) is 64.9 Å². The number of hydrogen-bond donors (Lipinski definition) is 6. The van der Waals surface area contributed by atoms with Crippen molar-refractivity contribution in [3.05, 3.63) is 99.4 Å². The van der Waals surface area contributed by atoms with Crippen molar-refractivity contribution in [2.45, 2.75) is 60.1 Å². The number of pyridine rings is 1. The Hall–Kier alpha value is -6.95. The van der Waals surface area contributed by atoms with Gasteiger partial charge in [0.1, 0.15) is 13.2 Å². The van der Waals surface area contributed by atoms with E-state index in [1.165, 1.54) is 21.1 Å². The summed E-state index contributed by atoms with van der Waals surface area (Å²) in [7, 11) is 1.64. The first-order valence-electron chi connectivity index (χ1n) is 25.0. The fraction of sp³-hybridized carbons (Fsp3) is 0.463. The van der Waals surface area contributed by atoms with E-state index < -0.39 is 5.91 Å². The first-order chi connectivity index (χ1) is 36.6. The predicted octanol–water partition coefficient (Wildman–Crippen LogP) is 4.66. The van der Waals surface area contributed by atoms with Crippen molar-refractivity contribution in [1.82, 2.24) is 25.1 Å². The molecular formula is C54H74N8O13S. The van der Waals surface area contributed by atoms with E-state index in [-0.39, 0.29) is 47.4 Å². The summed E-state index contributed by atoms with van der Waals surface area (Å²) in [4.78, 5) is 75.8. The molecule has 1 saturated heterocycles. The van der Waals surface area contributed by atoms with Crippen LogP contribution in [-0.2, 0) is 51.7 Å². The standard InChI is InChI=1S/C31H40N4O9.C12H12N2OS.C10H19NO2.CH3NO/c1-3-39-10-11-41-14-15-42-13-12-40-9-8-32-29(36)21-33-22-4-6-26-24(18-22)25(20-30(37)35(26)2)31(38)34-23-5-7-27-28(19-23)44-17-16-43-27;1-9-12(16-8-14-9)11-4-2-10(3-5-11)6-13-7-15;1-10(2,3)6-9(13)11-5-4-8(12)7-11;2-1-3/h4-7,18-20,33H,3,8-17,21H2,1-2H3,(H,32,36)(H,34,38);2-5,7-8H,6H2,1H3,(H,13,15);8,12H,4-7H2,1-3H3;1H,(H2,2,3). The number of carbonyl (C=O) groups excluding carboxylic acids is 5. The molecule has 1 unspecified atom stereocenters. The van der Waals surface area contributed by atoms with E-state index in [0.29, 0.717) is 132 Å². The topological polar surface area (TPSA) is 273 Å². The molecule has 1 atom stereocenters. The quantitative estimate of drug-likeness (QED) is 0.0384. The Balaban J connectivity index is 0.000000314. The number of nitrogens with one attached hydrogen (secondary N) is 4. The number of nitrogens with zero attached hydrogens (tertiary/aromatic N) is 3. The van der Waals surface area contributed by atoms with Crippen LogP contribution in [0.4, 0.5) is 11.4 Å². The fourth-order valence-electron chi connectivity index (χ4n) is 7.44. The average molecular weight is 1080 g/mol. The second-order valence-electron chi connectivity index (χ2n) is 18.4. The number of nitrogens with two attached hydrogens (primary N) is 1. The highest BCUT2D eigenvalue weighted by Gasteiger charge is 2.27. The highest BCUT2D eigenvalue weighted by Crippen LogP contribution is 2.33. The van der Waals surface area contributed by atoms with Crippen LogP contribution in [0.3, 0.4) is 0 Å². The van der Waals surface area contributed by atoms with Crippen molar-refractivity contribution < 1.29 is 57.5 Å². The molecule has 7 rings (SSSR count). The molecule has 2 aliphatic rings. The molecule has 5 aromatic rings. The van der Waals surface area contributed by atoms with Gasteiger partial charge >= 0.3 is 0 Å². The first-order valence-corrected chi connectivity index (χ1v) is 25.9. The van der Waals surface area contributed by atoms with E-state index in [1.54, 1.807) is 59.7 Å². The molecule has 3 aromatic carbocycles. The van der Waals surface area contributed by atoms with Gasteiger partial charge in [-0.25, -0.2) is 4.98 Å². The lowest BCUT2D eigenvalue weighted by molar-refractivity contribution is -0.132. The third-order valence-corrected chi connectivity index (χ3v) is 12.2. The number of rotatable bonds is 23. The summed E-state index contributed by atoms with van der Waals surface area (Å²) in [6, 6.07) is 19.8. The van der Waals surface area contributed by atoms with Crippen LogP contribution in [0.1, 0.15) is 62.2 Å². The Kier molecular flexibility index (Phi) is 26.9. The van der Waals surface area contributed by atoms with Gasteiger partial charge in [0.2, 0.25) is 24.6 Å². The molecule has 2 aromatic heterocycles. The monoisotopic (exact) mass is 1070 g/mol. The van der Waals surface area contributed by atoms with Crippen LogP contribution in [0, 0.1) is 12.3 Å². The third kappa shape index (κ3) is 21.7. The van der Waals surface area contributed by atoms with Gasteiger partial charge in [0.05, 0.1) is 86.1 Å². The molecule has 0 aliphatic carbocycles. The molecule has 76 heavy (non-hydrogen) atoms. The number of ether oxygens (including phenoxy) is 6. The molecule has 2 aliphatic heterocycles. The van der Waals surface area contributed by atoms with E-state index >= 15 is 0 Å². The molecule has 1 fully saturated rings. The predicted molar refractivity (Wildman–Crippen MR) is 292 cm³/mol. The molecule has 0 saturated carbocycles. The number of amides is 5. The Morgan fingerprint density at radius 2 is 1.53 bits per heavy atom. The van der Waals surface area contributed by atoms with E-state index in [0.717, 1.165) is 24.2 Å². The molecule has 7 N–H and O–H groups in total. The normalized spacial score (nSPS) is 13.4. The first kappa shape index (κ1) is 61.6. The summed E-state index contributed by atoms with van der Waals surface area (Å²) in [5.74, 6) is 0.654. The SMILES string of the molecule is CC(C)(C)CC(=O)N1CCC(O)C1.CCOCCOCCOCCOCCNC(=O)CNc1ccc2c(c1)c(C(=O)Nc1ccc3c(c1)OCCO3)cc(=O)n2C.Cc1ncsc1-c1ccc(CNC=O)cc1.NC=O. The number of anilines is 2. The zero-order chi connectivity index (χ0) is 55.3. The highest BCUT2D eigenvalue weighted by atomic mass is 32.1. The van der Waals surface area contributed by atoms with Gasteiger partial charge in [-0.2, -0.15) is 0 Å². The van der Waals surface area contributed by atoms with E-state index in [9.17, 15) is 29.1 Å². The molecule has 21 nitrogen and oxygen atoms in total. The van der Waals surface area contributed by atoms with Crippen molar-refractivity contribution in [2.24, 2.45) is 18.2 Å². The summed E-state index contributed by atoms with van der Waals surface area (Å²) < 4.78 is 34.1. The van der Waals surface area contributed by atoms with Gasteiger partial charge in [0, 0.05) is 75.1 Å². The maximum absolute atomic E-state index is 13.3. The number of carbonyl (C=O) groups is 5. The van der Waals surface area contributed by atoms with Gasteiger partial charge in [-0.1, -0.05) is 45.0 Å². The minimum absolute atomic E-state index is 0.0163. The number of thiazole rings is 1. The Labute approximate surface area is 447 Å². The van der Waals surface area contributed by atoms with Crippen molar-refractivity contribution in [1.29, 1.82) is 0 Å². The number of primary amides is 1. The molecule has 4 heterocycles. The van der Waals surface area contributed by atoms with Crippen LogP contribution >= 0.6 is 11.3 Å². The van der Waals surface area contributed by atoms with Crippen molar-refractivity contribution in [3.8, 4) is 21.9 Å². The maximum atomic E-state index is 13.3. The van der Waals surface area contributed by atoms with Crippen LogP contribution in [0.5, 0.6) is 11.5 Å². The number of likely N-dealkylation sites (tertiary alicyclic amines) is 1. The summed E-state index contributed by atoms with van der Waals surface area (Å²) >= 11 is 1.64. The summed E-state index contributed by atoms with van der Waals surface area (Å²) in [5.41, 5.74) is 11.0. The van der Waals surface area contributed by atoms with Gasteiger partial charge in [-0.15, -0.1) is 11.3 Å². The molecule has 22 heteroatoms. The van der Waals surface area contributed by atoms with Crippen LogP contribution in [0.2, 0.25) is 0 Å². The second kappa shape index (κ2) is 33.2. The fourth-order valence-corrected chi connectivity index (χ4v) is 8.25. The average Bonchev–Trinajstić information content (AvgIpc) is 4.05. The zero-order valence-corrected chi connectivity index (χ0v) is 45.2. The summed E-state index contributed by atoms with van der Waals surface area (Å²) in [6.07, 6.45) is 1.96. The summed E-state index contributed by atoms with van der Waals surface area (Å²) in [6.45, 7) is 17.2. The smallest absolute Gasteiger partial charge is 0.256 e. The minimum Gasteiger partial charge on any atom is -0.486 e. The number of hydrogen-bond acceptors (Lipinski definition) is 16. The minimum atomic E-state index is -0.449. The number of aliphatic hydroxyl groups excluding tert-OH is 1. The summed E-state index contributed by atoms with van der Waals surface area (Å²) in [5, 5.41) is 21.2. The number of aromatic nitrogens is 2. The van der Waals surface area contributed by atoms with Gasteiger partial charge in [-0.3, -0.25) is 28.8 Å². The van der Waals surface area contributed by atoms with Crippen molar-refractivity contribution in [3.63, 3.8) is 0 Å². The Bertz CT molecular complexity index is 2660. The van der Waals surface area contributed by atoms with Gasteiger partial charge < -0.3 is 70.0 Å². The number of aryl methyl sites for hydroxylation is 2. The molecule has 0 bridgehead atoms. The lowest BCUT2D eigenvalue weighted by Gasteiger charge is -2.22. The van der Waals surface area contributed by atoms with Crippen LogP contribution in [-0.4, -0.2) is 148 Å². The molecule has 414 valence electrons. The zero-order valence-electron chi connectivity index (χ0n) is 44.4. The number of aliphatic hydroxyl groups is 1. The van der Waals surface area contributed by atoms with Gasteiger partial charge in [-0.05, 0) is 67.1 Å². The maximum Gasteiger partial charge on any atom is 0.256 e. The van der Waals surface area contributed by atoms with E-state index in [4.69, 9.17) is 33.2 Å². The van der Waals surface area contributed by atoms with Crippen LogP contribution in [0.15, 0.2) is 77.0 Å². The lowest BCUT2D eigenvalue weighted by atomic mass is 9.92. The number of benzene rings is 3. The number of β-amino-alcohol motifs (C(OH)–C–C–N with tert-alkyl or cyclic N) is 1. The van der Waals surface area contributed by atoms with Crippen molar-refractivity contribution in [2.75, 3.05) is 103 Å². The van der Waals surface area contributed by atoms with Crippen molar-refractivity contribution >= 4 is 64.2 Å². The molecule has 5 amide bonds. The molecule has 0 spiro atoms. The highest BCUT2D eigenvalue weighted by molar-refractivity contribution is 7.13. The van der Waals surface area contributed by atoms with Gasteiger partial charge in [0.15, 0.2) is 11.5 Å². The van der Waals surface area contributed by atoms with Crippen LogP contribution < -0.4 is 42.0 Å². The Morgan fingerprint density at radius 3 is 2.13 bits per heavy atom. The van der Waals surface area contributed by atoms with Crippen LogP contribution in [0.25, 0.3) is 21.3 Å². The van der Waals surface area contributed by atoms with E-state index in [1.807, 2.05) is 31.5 Å².